The quantitative estimate of drug-likeness (QED) is 0.748. The number of carboxylic acids is 1. The van der Waals surface area contributed by atoms with E-state index in [-0.39, 0.29) is 5.56 Å². The van der Waals surface area contributed by atoms with Crippen molar-refractivity contribution in [1.82, 2.24) is 9.97 Å². The number of aromatic carboxylic acids is 1. The fourth-order valence-electron chi connectivity index (χ4n) is 2.50. The Labute approximate surface area is 137 Å². The van der Waals surface area contributed by atoms with Gasteiger partial charge in [-0.1, -0.05) is 0 Å². The van der Waals surface area contributed by atoms with Crippen LogP contribution in [0.2, 0.25) is 0 Å². The van der Waals surface area contributed by atoms with E-state index >= 15 is 0 Å². The molecule has 0 aliphatic carbocycles. The molecule has 3 rings (SSSR count). The Morgan fingerprint density at radius 3 is 2.25 bits per heavy atom. The van der Waals surface area contributed by atoms with Gasteiger partial charge in [-0.3, -0.25) is 0 Å². The van der Waals surface area contributed by atoms with Gasteiger partial charge < -0.3 is 24.3 Å². The molecule has 0 aliphatic heterocycles. The lowest BCUT2D eigenvalue weighted by Gasteiger charge is -2.13. The molecule has 0 aliphatic rings. The van der Waals surface area contributed by atoms with E-state index in [1.54, 1.807) is 39.5 Å². The topological polar surface area (TPSA) is 93.7 Å². The molecule has 7 nitrogen and oxygen atoms in total. The normalized spacial score (nSPS) is 10.6. The highest BCUT2D eigenvalue weighted by atomic mass is 16.5. The van der Waals surface area contributed by atoms with Crippen molar-refractivity contribution in [3.63, 3.8) is 0 Å². The molecule has 24 heavy (non-hydrogen) atoms. The van der Waals surface area contributed by atoms with Crippen molar-refractivity contribution in [2.45, 2.75) is 0 Å². The van der Waals surface area contributed by atoms with Crippen molar-refractivity contribution < 1.29 is 24.1 Å². The van der Waals surface area contributed by atoms with E-state index in [0.29, 0.717) is 39.7 Å². The summed E-state index contributed by atoms with van der Waals surface area (Å²) < 4.78 is 16.1. The fraction of sp³-hybridized carbons (Fsp3) is 0.176. The lowest BCUT2D eigenvalue weighted by Crippen LogP contribution is -1.96. The van der Waals surface area contributed by atoms with E-state index in [4.69, 9.17) is 19.3 Å². The number of rotatable bonds is 5. The predicted molar refractivity (Wildman–Crippen MR) is 88.1 cm³/mol. The molecule has 0 saturated heterocycles. The minimum Gasteiger partial charge on any atom is -0.496 e. The number of nitrogens with one attached hydrogen (secondary N) is 1. The van der Waals surface area contributed by atoms with Crippen LogP contribution in [0.5, 0.6) is 17.2 Å². The van der Waals surface area contributed by atoms with Gasteiger partial charge in [0.15, 0.2) is 0 Å². The molecule has 124 valence electrons. The summed E-state index contributed by atoms with van der Waals surface area (Å²) in [5, 5.41) is 9.10. The summed E-state index contributed by atoms with van der Waals surface area (Å²) >= 11 is 0. The van der Waals surface area contributed by atoms with Gasteiger partial charge in [0.25, 0.3) is 0 Å². The zero-order chi connectivity index (χ0) is 17.3. The Hall–Kier alpha value is -3.22. The monoisotopic (exact) mass is 328 g/mol. The molecule has 0 radical (unpaired) electrons. The average Bonchev–Trinajstić information content (AvgIpc) is 3.02. The van der Waals surface area contributed by atoms with Gasteiger partial charge in [-0.05, 0) is 18.2 Å². The number of H-pyrrole nitrogens is 1. The maximum atomic E-state index is 11.1. The van der Waals surface area contributed by atoms with Crippen molar-refractivity contribution in [3.05, 3.63) is 35.9 Å². The maximum absolute atomic E-state index is 11.1. The average molecular weight is 328 g/mol. The molecule has 0 amide bonds. The highest BCUT2D eigenvalue weighted by Gasteiger charge is 2.19. The van der Waals surface area contributed by atoms with E-state index in [0.717, 1.165) is 0 Å². The molecule has 0 saturated carbocycles. The van der Waals surface area contributed by atoms with Crippen molar-refractivity contribution in [1.29, 1.82) is 0 Å². The van der Waals surface area contributed by atoms with Gasteiger partial charge in [0, 0.05) is 12.1 Å². The lowest BCUT2D eigenvalue weighted by atomic mass is 10.1. The molecule has 0 bridgehead atoms. The summed E-state index contributed by atoms with van der Waals surface area (Å²) in [5.74, 6) is 1.18. The SMILES string of the molecule is COc1cc(OC)c(-c2nc3ccc(C(=O)O)cc3[nH]2)c(OC)c1. The standard InChI is InChI=1S/C17H16N2O5/c1-22-10-7-13(23-2)15(14(8-10)24-3)16-18-11-5-4-9(17(20)21)6-12(11)19-16/h4-8H,1-3H3,(H,18,19)(H,20,21). The van der Waals surface area contributed by atoms with Crippen LogP contribution < -0.4 is 14.2 Å². The molecular weight excluding hydrogens is 312 g/mol. The molecule has 0 spiro atoms. The zero-order valence-corrected chi connectivity index (χ0v) is 13.4. The first-order chi connectivity index (χ1) is 11.6. The van der Waals surface area contributed by atoms with E-state index in [9.17, 15) is 4.79 Å². The van der Waals surface area contributed by atoms with Crippen LogP contribution in [0, 0.1) is 0 Å². The number of fused-ring (bicyclic) bond motifs is 1. The summed E-state index contributed by atoms with van der Waals surface area (Å²) in [4.78, 5) is 18.7. The van der Waals surface area contributed by atoms with E-state index in [2.05, 4.69) is 9.97 Å². The van der Waals surface area contributed by atoms with Crippen LogP contribution in [-0.4, -0.2) is 42.4 Å². The molecule has 3 aromatic rings. The second kappa shape index (κ2) is 6.11. The summed E-state index contributed by atoms with van der Waals surface area (Å²) in [7, 11) is 4.65. The van der Waals surface area contributed by atoms with Crippen LogP contribution in [0.4, 0.5) is 0 Å². The molecule has 0 fully saturated rings. The van der Waals surface area contributed by atoms with Crippen molar-refractivity contribution in [3.8, 4) is 28.6 Å². The Bertz CT molecular complexity index is 891. The molecule has 0 atom stereocenters. The Kier molecular flexibility index (Phi) is 3.99. The number of aromatic amines is 1. The van der Waals surface area contributed by atoms with E-state index < -0.39 is 5.97 Å². The second-order valence-corrected chi connectivity index (χ2v) is 5.03. The minimum atomic E-state index is -0.993. The van der Waals surface area contributed by atoms with Gasteiger partial charge in [0.2, 0.25) is 0 Å². The number of hydrogen-bond acceptors (Lipinski definition) is 5. The van der Waals surface area contributed by atoms with Crippen LogP contribution in [0.15, 0.2) is 30.3 Å². The third-order valence-corrected chi connectivity index (χ3v) is 3.68. The largest absolute Gasteiger partial charge is 0.496 e. The minimum absolute atomic E-state index is 0.186. The van der Waals surface area contributed by atoms with Gasteiger partial charge >= 0.3 is 5.97 Å². The number of hydrogen-bond donors (Lipinski definition) is 2. The number of imidazole rings is 1. The van der Waals surface area contributed by atoms with Gasteiger partial charge in [-0.15, -0.1) is 0 Å². The Morgan fingerprint density at radius 2 is 1.71 bits per heavy atom. The van der Waals surface area contributed by atoms with Crippen LogP contribution in [0.25, 0.3) is 22.4 Å². The Morgan fingerprint density at radius 1 is 1.04 bits per heavy atom. The first-order valence-electron chi connectivity index (χ1n) is 7.10. The van der Waals surface area contributed by atoms with Crippen molar-refractivity contribution in [2.24, 2.45) is 0 Å². The van der Waals surface area contributed by atoms with E-state index in [1.807, 2.05) is 0 Å². The summed E-state index contributed by atoms with van der Waals surface area (Å²) in [5.41, 5.74) is 2.08. The Balaban J connectivity index is 2.21. The van der Waals surface area contributed by atoms with Crippen molar-refractivity contribution >= 4 is 17.0 Å². The highest BCUT2D eigenvalue weighted by molar-refractivity contribution is 5.93. The van der Waals surface area contributed by atoms with E-state index in [1.165, 1.54) is 12.1 Å². The number of carboxylic acid groups (broad SMARTS) is 1. The lowest BCUT2D eigenvalue weighted by molar-refractivity contribution is 0.0697. The molecule has 2 aromatic carbocycles. The zero-order valence-electron chi connectivity index (χ0n) is 13.4. The molecule has 1 heterocycles. The number of nitrogens with zero attached hydrogens (tertiary/aromatic N) is 1. The molecule has 7 heteroatoms. The predicted octanol–water partition coefficient (Wildman–Crippen LogP) is 2.95. The number of aromatic nitrogens is 2. The summed E-state index contributed by atoms with van der Waals surface area (Å²) in [6, 6.07) is 8.16. The van der Waals surface area contributed by atoms with Crippen LogP contribution in [0.1, 0.15) is 10.4 Å². The van der Waals surface area contributed by atoms with Gasteiger partial charge in [0.05, 0.1) is 37.9 Å². The van der Waals surface area contributed by atoms with Crippen molar-refractivity contribution in [2.75, 3.05) is 21.3 Å². The third kappa shape index (κ3) is 2.60. The second-order valence-electron chi connectivity index (χ2n) is 5.03. The first kappa shape index (κ1) is 15.7. The third-order valence-electron chi connectivity index (χ3n) is 3.68. The number of benzene rings is 2. The number of methoxy groups -OCH3 is 3. The van der Waals surface area contributed by atoms with Crippen LogP contribution in [-0.2, 0) is 0 Å². The van der Waals surface area contributed by atoms with Gasteiger partial charge in [0.1, 0.15) is 28.6 Å². The van der Waals surface area contributed by atoms with Gasteiger partial charge in [-0.2, -0.15) is 0 Å². The maximum Gasteiger partial charge on any atom is 0.335 e. The van der Waals surface area contributed by atoms with Crippen LogP contribution in [0.3, 0.4) is 0 Å². The summed E-state index contributed by atoms with van der Waals surface area (Å²) in [6.07, 6.45) is 0. The summed E-state index contributed by atoms with van der Waals surface area (Å²) in [6.45, 7) is 0. The van der Waals surface area contributed by atoms with Crippen LogP contribution >= 0.6 is 0 Å². The molecule has 1 aromatic heterocycles. The number of ether oxygens (including phenoxy) is 3. The highest BCUT2D eigenvalue weighted by Crippen LogP contribution is 2.41. The fourth-order valence-corrected chi connectivity index (χ4v) is 2.50. The smallest absolute Gasteiger partial charge is 0.335 e. The molecule has 0 unspecified atom stereocenters. The first-order valence-corrected chi connectivity index (χ1v) is 7.10. The number of carbonyl (C=O) groups is 1. The molecule has 2 N–H and O–H groups in total. The molecular formula is C17H16N2O5. The van der Waals surface area contributed by atoms with Gasteiger partial charge in [-0.25, -0.2) is 9.78 Å².